The molecule has 2 aliphatic carbocycles. The van der Waals surface area contributed by atoms with E-state index < -0.39 is 4.92 Å². The Morgan fingerprint density at radius 1 is 0.917 bits per heavy atom. The fraction of sp³-hybridized carbons (Fsp3) is 0.632. The molecule has 3 rings (SSSR count). The van der Waals surface area contributed by atoms with Gasteiger partial charge in [-0.15, -0.1) is 0 Å². The van der Waals surface area contributed by atoms with Crippen LogP contribution in [-0.2, 0) is 0 Å². The molecule has 5 heteroatoms. The first-order valence-electron chi connectivity index (χ1n) is 9.24. The normalized spacial score (nSPS) is 19.8. The highest BCUT2D eigenvalue weighted by molar-refractivity contribution is 5.98. The van der Waals surface area contributed by atoms with Crippen LogP contribution in [0.15, 0.2) is 24.3 Å². The first kappa shape index (κ1) is 16.9. The van der Waals surface area contributed by atoms with E-state index in [0.29, 0.717) is 0 Å². The van der Waals surface area contributed by atoms with Crippen LogP contribution < -0.4 is 0 Å². The predicted octanol–water partition coefficient (Wildman–Crippen LogP) is 4.70. The van der Waals surface area contributed by atoms with E-state index in [9.17, 15) is 14.9 Å². The van der Waals surface area contributed by atoms with E-state index in [-0.39, 0.29) is 29.2 Å². The van der Waals surface area contributed by atoms with Crippen molar-refractivity contribution in [3.8, 4) is 0 Å². The topological polar surface area (TPSA) is 63.4 Å². The van der Waals surface area contributed by atoms with Crippen LogP contribution in [0.25, 0.3) is 0 Å². The smallest absolute Gasteiger partial charge is 0.282 e. The molecule has 0 atom stereocenters. The van der Waals surface area contributed by atoms with Crippen LogP contribution >= 0.6 is 0 Å². The van der Waals surface area contributed by atoms with Crippen molar-refractivity contribution < 1.29 is 9.72 Å². The van der Waals surface area contributed by atoms with Gasteiger partial charge in [0.1, 0.15) is 5.56 Å². The van der Waals surface area contributed by atoms with Gasteiger partial charge in [0.15, 0.2) is 0 Å². The molecule has 0 heterocycles. The van der Waals surface area contributed by atoms with Gasteiger partial charge in [0.25, 0.3) is 11.6 Å². The lowest BCUT2D eigenvalue weighted by molar-refractivity contribution is -0.385. The first-order chi connectivity index (χ1) is 11.7. The number of nitrogens with zero attached hydrogens (tertiary/aromatic N) is 2. The van der Waals surface area contributed by atoms with Gasteiger partial charge in [-0.2, -0.15) is 0 Å². The van der Waals surface area contributed by atoms with Crippen LogP contribution in [0.5, 0.6) is 0 Å². The van der Waals surface area contributed by atoms with E-state index in [2.05, 4.69) is 0 Å². The Morgan fingerprint density at radius 3 is 1.92 bits per heavy atom. The van der Waals surface area contributed by atoms with Gasteiger partial charge >= 0.3 is 0 Å². The quantitative estimate of drug-likeness (QED) is 0.593. The number of nitro benzene ring substituents is 1. The minimum Gasteiger partial charge on any atom is -0.332 e. The summed E-state index contributed by atoms with van der Waals surface area (Å²) in [7, 11) is 0. The van der Waals surface area contributed by atoms with Gasteiger partial charge in [0.05, 0.1) is 4.92 Å². The van der Waals surface area contributed by atoms with Crippen LogP contribution in [0.3, 0.4) is 0 Å². The molecule has 5 nitrogen and oxygen atoms in total. The molecule has 24 heavy (non-hydrogen) atoms. The molecule has 0 bridgehead atoms. The highest BCUT2D eigenvalue weighted by Gasteiger charge is 2.35. The summed E-state index contributed by atoms with van der Waals surface area (Å²) in [6.45, 7) is 0. The second kappa shape index (κ2) is 7.77. The van der Waals surface area contributed by atoms with Crippen molar-refractivity contribution in [3.05, 3.63) is 39.9 Å². The zero-order valence-electron chi connectivity index (χ0n) is 14.2. The number of benzene rings is 1. The van der Waals surface area contributed by atoms with Gasteiger partial charge in [-0.25, -0.2) is 0 Å². The molecule has 0 N–H and O–H groups in total. The summed E-state index contributed by atoms with van der Waals surface area (Å²) in [4.78, 5) is 26.2. The van der Waals surface area contributed by atoms with Gasteiger partial charge < -0.3 is 4.90 Å². The fourth-order valence-corrected chi connectivity index (χ4v) is 4.30. The van der Waals surface area contributed by atoms with E-state index in [0.717, 1.165) is 51.4 Å². The lowest BCUT2D eigenvalue weighted by Crippen LogP contribution is -2.48. The Hall–Kier alpha value is -1.91. The summed E-state index contributed by atoms with van der Waals surface area (Å²) in [6, 6.07) is 6.88. The number of nitro groups is 1. The number of hydrogen-bond acceptors (Lipinski definition) is 3. The fourth-order valence-electron chi connectivity index (χ4n) is 4.30. The third kappa shape index (κ3) is 3.60. The minimum atomic E-state index is -0.437. The number of hydrogen-bond donors (Lipinski definition) is 0. The summed E-state index contributed by atoms with van der Waals surface area (Å²) in [5.41, 5.74) is 0.178. The molecule has 0 aromatic heterocycles. The average Bonchev–Trinajstić information content (AvgIpc) is 2.63. The van der Waals surface area contributed by atoms with Crippen molar-refractivity contribution in [3.63, 3.8) is 0 Å². The lowest BCUT2D eigenvalue weighted by atomic mass is 9.88. The van der Waals surface area contributed by atoms with Crippen LogP contribution in [0, 0.1) is 10.1 Å². The van der Waals surface area contributed by atoms with Gasteiger partial charge in [-0.1, -0.05) is 50.7 Å². The third-order valence-electron chi connectivity index (χ3n) is 5.50. The van der Waals surface area contributed by atoms with E-state index in [1.165, 1.54) is 18.9 Å². The van der Waals surface area contributed by atoms with Gasteiger partial charge in [0, 0.05) is 18.2 Å². The van der Waals surface area contributed by atoms with Crippen LogP contribution in [0.4, 0.5) is 5.69 Å². The molecule has 0 unspecified atom stereocenters. The van der Waals surface area contributed by atoms with E-state index in [4.69, 9.17) is 0 Å². The standard InChI is InChI=1S/C19H26N2O3/c22-19(17-13-7-8-14-18(17)21(23)24)20(15-9-3-1-4-10-15)16-11-5-2-6-12-16/h7-8,13-16H,1-6,9-12H2. The molecule has 2 aliphatic rings. The number of carbonyl (C=O) groups excluding carboxylic acids is 1. The predicted molar refractivity (Wildman–Crippen MR) is 93.0 cm³/mol. The Labute approximate surface area is 143 Å². The largest absolute Gasteiger partial charge is 0.332 e. The van der Waals surface area contributed by atoms with E-state index in [1.54, 1.807) is 18.2 Å². The Bertz CT molecular complexity index is 572. The molecule has 130 valence electrons. The maximum Gasteiger partial charge on any atom is 0.282 e. The van der Waals surface area contributed by atoms with Crippen molar-refractivity contribution in [2.24, 2.45) is 0 Å². The molecule has 1 amide bonds. The number of amides is 1. The second-order valence-corrected chi connectivity index (χ2v) is 7.07. The summed E-state index contributed by atoms with van der Waals surface area (Å²) in [5, 5.41) is 11.3. The van der Waals surface area contributed by atoms with Gasteiger partial charge in [-0.3, -0.25) is 14.9 Å². The van der Waals surface area contributed by atoms with Crippen LogP contribution in [0.1, 0.15) is 74.6 Å². The molecular weight excluding hydrogens is 304 g/mol. The molecule has 0 aliphatic heterocycles. The molecule has 0 radical (unpaired) electrons. The van der Waals surface area contributed by atoms with Crippen molar-refractivity contribution in [2.45, 2.75) is 76.3 Å². The Kier molecular flexibility index (Phi) is 5.48. The number of para-hydroxylation sites is 1. The van der Waals surface area contributed by atoms with Crippen LogP contribution in [-0.4, -0.2) is 27.8 Å². The summed E-state index contributed by atoms with van der Waals surface area (Å²) in [5.74, 6) is -0.138. The van der Waals surface area contributed by atoms with Crippen molar-refractivity contribution in [1.29, 1.82) is 0 Å². The average molecular weight is 330 g/mol. The zero-order chi connectivity index (χ0) is 16.9. The molecule has 0 spiro atoms. The summed E-state index contributed by atoms with van der Waals surface area (Å²) < 4.78 is 0. The maximum atomic E-state index is 13.3. The number of carbonyl (C=O) groups is 1. The molecule has 0 saturated heterocycles. The van der Waals surface area contributed by atoms with Gasteiger partial charge in [-0.05, 0) is 31.7 Å². The Balaban J connectivity index is 1.92. The van der Waals surface area contributed by atoms with Crippen LogP contribution in [0.2, 0.25) is 0 Å². The molecule has 2 saturated carbocycles. The molecule has 1 aromatic rings. The molecular formula is C19H26N2O3. The Morgan fingerprint density at radius 2 is 1.42 bits per heavy atom. The van der Waals surface area contributed by atoms with E-state index in [1.807, 2.05) is 4.90 Å². The minimum absolute atomic E-state index is 0.0703. The molecule has 2 fully saturated rings. The second-order valence-electron chi connectivity index (χ2n) is 7.07. The van der Waals surface area contributed by atoms with Crippen molar-refractivity contribution in [1.82, 2.24) is 4.90 Å². The highest BCUT2D eigenvalue weighted by Crippen LogP contribution is 2.32. The monoisotopic (exact) mass is 330 g/mol. The lowest BCUT2D eigenvalue weighted by Gasteiger charge is -2.41. The third-order valence-corrected chi connectivity index (χ3v) is 5.50. The summed E-state index contributed by atoms with van der Waals surface area (Å²) in [6.07, 6.45) is 11.2. The first-order valence-corrected chi connectivity index (χ1v) is 9.24. The zero-order valence-corrected chi connectivity index (χ0v) is 14.2. The van der Waals surface area contributed by atoms with Crippen molar-refractivity contribution in [2.75, 3.05) is 0 Å². The van der Waals surface area contributed by atoms with Crippen molar-refractivity contribution >= 4 is 11.6 Å². The van der Waals surface area contributed by atoms with E-state index >= 15 is 0 Å². The SMILES string of the molecule is O=C(c1ccccc1[N+](=O)[O-])N(C1CCCCC1)C1CCCCC1. The molecule has 1 aromatic carbocycles. The van der Waals surface area contributed by atoms with Gasteiger partial charge in [0.2, 0.25) is 0 Å². The number of rotatable bonds is 4. The summed E-state index contributed by atoms with van der Waals surface area (Å²) >= 11 is 0. The maximum absolute atomic E-state index is 13.3. The highest BCUT2D eigenvalue weighted by atomic mass is 16.6.